The molecule has 7 heteroatoms. The molecular formula is C16H26F2N2O3. The number of nitrogens with one attached hydrogen (secondary N) is 1. The van der Waals surface area contributed by atoms with Gasteiger partial charge in [-0.25, -0.2) is 13.6 Å². The lowest BCUT2D eigenvalue weighted by Crippen LogP contribution is -2.46. The van der Waals surface area contributed by atoms with Crippen molar-refractivity contribution < 1.29 is 23.1 Å². The van der Waals surface area contributed by atoms with Crippen molar-refractivity contribution in [2.75, 3.05) is 19.6 Å². The number of hydrogen-bond acceptors (Lipinski definition) is 3. The normalized spacial score (nSPS) is 21.3. The summed E-state index contributed by atoms with van der Waals surface area (Å²) in [7, 11) is 0. The molecule has 1 saturated heterocycles. The Kier molecular flexibility index (Phi) is 6.13. The molecule has 0 bridgehead atoms. The molecule has 0 aliphatic carbocycles. The SMILES string of the molecule is CC(C)=CC(=O)N1CCC(CNC(=O)OC(C)(C)C)(C(F)F)C1. The fraction of sp³-hybridized carbons (Fsp3) is 0.750. The van der Waals surface area contributed by atoms with Crippen LogP contribution in [0.3, 0.4) is 0 Å². The quantitative estimate of drug-likeness (QED) is 0.805. The van der Waals surface area contributed by atoms with E-state index in [0.717, 1.165) is 5.57 Å². The molecule has 5 nitrogen and oxygen atoms in total. The Morgan fingerprint density at radius 2 is 1.96 bits per heavy atom. The zero-order chi connectivity index (χ0) is 17.8. The summed E-state index contributed by atoms with van der Waals surface area (Å²) in [5.74, 6) is -0.273. The first-order chi connectivity index (χ1) is 10.4. The highest BCUT2D eigenvalue weighted by atomic mass is 19.3. The van der Waals surface area contributed by atoms with E-state index in [9.17, 15) is 18.4 Å². The maximum absolute atomic E-state index is 13.5. The third-order valence-electron chi connectivity index (χ3n) is 3.56. The average Bonchev–Trinajstić information content (AvgIpc) is 2.79. The van der Waals surface area contributed by atoms with Gasteiger partial charge in [-0.15, -0.1) is 0 Å². The Labute approximate surface area is 136 Å². The number of carbonyl (C=O) groups excluding carboxylic acids is 2. The molecule has 132 valence electrons. The molecule has 0 aromatic carbocycles. The number of nitrogens with zero attached hydrogens (tertiary/aromatic N) is 1. The molecule has 0 aromatic rings. The molecule has 0 saturated carbocycles. The fourth-order valence-electron chi connectivity index (χ4n) is 2.38. The van der Waals surface area contributed by atoms with Crippen LogP contribution < -0.4 is 5.32 Å². The van der Waals surface area contributed by atoms with Crippen molar-refractivity contribution in [3.05, 3.63) is 11.6 Å². The number of allylic oxidation sites excluding steroid dienone is 1. The van der Waals surface area contributed by atoms with Gasteiger partial charge in [0.2, 0.25) is 12.3 Å². The molecule has 1 unspecified atom stereocenters. The summed E-state index contributed by atoms with van der Waals surface area (Å²) in [5.41, 5.74) is -1.30. The predicted octanol–water partition coefficient (Wildman–Crippen LogP) is 2.96. The van der Waals surface area contributed by atoms with E-state index in [1.165, 1.54) is 11.0 Å². The van der Waals surface area contributed by atoms with E-state index < -0.39 is 23.5 Å². The second-order valence-electron chi connectivity index (χ2n) is 7.25. The lowest BCUT2D eigenvalue weighted by atomic mass is 9.87. The maximum atomic E-state index is 13.5. The van der Waals surface area contributed by atoms with Crippen LogP contribution in [-0.4, -0.2) is 48.6 Å². The smallest absolute Gasteiger partial charge is 0.407 e. The van der Waals surface area contributed by atoms with Crippen molar-refractivity contribution in [3.63, 3.8) is 0 Å². The number of likely N-dealkylation sites (tertiary alicyclic amines) is 1. The molecule has 23 heavy (non-hydrogen) atoms. The summed E-state index contributed by atoms with van der Waals surface area (Å²) in [6, 6.07) is 0. The third-order valence-corrected chi connectivity index (χ3v) is 3.56. The Hall–Kier alpha value is -1.66. The van der Waals surface area contributed by atoms with Crippen molar-refractivity contribution in [2.24, 2.45) is 5.41 Å². The van der Waals surface area contributed by atoms with Crippen molar-refractivity contribution >= 4 is 12.0 Å². The van der Waals surface area contributed by atoms with E-state index in [0.29, 0.717) is 0 Å². The largest absolute Gasteiger partial charge is 0.444 e. The van der Waals surface area contributed by atoms with Gasteiger partial charge in [0.15, 0.2) is 0 Å². The Morgan fingerprint density at radius 3 is 2.43 bits per heavy atom. The van der Waals surface area contributed by atoms with Gasteiger partial charge in [0.1, 0.15) is 5.60 Å². The second-order valence-corrected chi connectivity index (χ2v) is 7.25. The molecule has 1 heterocycles. The van der Waals surface area contributed by atoms with Crippen molar-refractivity contribution in [2.45, 2.75) is 53.1 Å². The molecule has 1 rings (SSSR count). The average molecular weight is 332 g/mol. The van der Waals surface area contributed by atoms with Crippen LogP contribution in [0.5, 0.6) is 0 Å². The van der Waals surface area contributed by atoms with E-state index in [1.807, 2.05) is 0 Å². The topological polar surface area (TPSA) is 58.6 Å². The molecule has 1 fully saturated rings. The molecule has 0 spiro atoms. The minimum absolute atomic E-state index is 0.0803. The lowest BCUT2D eigenvalue weighted by Gasteiger charge is -2.29. The number of halogens is 2. The molecular weight excluding hydrogens is 306 g/mol. The van der Waals surface area contributed by atoms with Crippen molar-refractivity contribution in [3.8, 4) is 0 Å². The zero-order valence-electron chi connectivity index (χ0n) is 14.4. The van der Waals surface area contributed by atoms with E-state index in [1.54, 1.807) is 34.6 Å². The van der Waals surface area contributed by atoms with Gasteiger partial charge in [0, 0.05) is 25.7 Å². The van der Waals surface area contributed by atoms with Crippen molar-refractivity contribution in [1.82, 2.24) is 10.2 Å². The second kappa shape index (κ2) is 7.27. The molecule has 1 N–H and O–H groups in total. The highest BCUT2D eigenvalue weighted by Gasteiger charge is 2.47. The van der Waals surface area contributed by atoms with Gasteiger partial charge >= 0.3 is 6.09 Å². The minimum Gasteiger partial charge on any atom is -0.444 e. The van der Waals surface area contributed by atoms with Crippen LogP contribution in [0.4, 0.5) is 13.6 Å². The fourth-order valence-corrected chi connectivity index (χ4v) is 2.38. The number of amides is 2. The van der Waals surface area contributed by atoms with E-state index in [4.69, 9.17) is 4.74 Å². The minimum atomic E-state index is -2.64. The number of rotatable bonds is 4. The van der Waals surface area contributed by atoms with Gasteiger partial charge in [-0.1, -0.05) is 5.57 Å². The number of alkyl halides is 2. The van der Waals surface area contributed by atoms with Crippen LogP contribution in [0, 0.1) is 5.41 Å². The molecule has 1 atom stereocenters. The first-order valence-electron chi connectivity index (χ1n) is 7.64. The summed E-state index contributed by atoms with van der Waals surface area (Å²) in [5, 5.41) is 2.41. The lowest BCUT2D eigenvalue weighted by molar-refractivity contribution is -0.126. The van der Waals surface area contributed by atoms with Crippen LogP contribution in [0.1, 0.15) is 41.0 Å². The summed E-state index contributed by atoms with van der Waals surface area (Å²) in [6.45, 7) is 8.60. The Balaban J connectivity index is 2.70. The maximum Gasteiger partial charge on any atom is 0.407 e. The number of ether oxygens (including phenoxy) is 1. The molecule has 2 amide bonds. The zero-order valence-corrected chi connectivity index (χ0v) is 14.4. The van der Waals surface area contributed by atoms with Crippen LogP contribution in [0.25, 0.3) is 0 Å². The summed E-state index contributed by atoms with van der Waals surface area (Å²) >= 11 is 0. The summed E-state index contributed by atoms with van der Waals surface area (Å²) in [4.78, 5) is 25.1. The monoisotopic (exact) mass is 332 g/mol. The Morgan fingerprint density at radius 1 is 1.35 bits per heavy atom. The number of alkyl carbamates (subject to hydrolysis) is 1. The number of hydrogen-bond donors (Lipinski definition) is 1. The number of carbonyl (C=O) groups is 2. The van der Waals surface area contributed by atoms with E-state index in [-0.39, 0.29) is 32.0 Å². The van der Waals surface area contributed by atoms with Crippen LogP contribution in [0.2, 0.25) is 0 Å². The first kappa shape index (κ1) is 19.4. The summed E-state index contributed by atoms with van der Waals surface area (Å²) < 4.78 is 32.1. The van der Waals surface area contributed by atoms with Crippen LogP contribution in [0.15, 0.2) is 11.6 Å². The Bertz CT molecular complexity index is 482. The van der Waals surface area contributed by atoms with Gasteiger partial charge in [0.05, 0.1) is 5.41 Å². The standard InChI is InChI=1S/C16H26F2N2O3/c1-11(2)8-12(21)20-7-6-16(10-20,13(17)18)9-19-14(22)23-15(3,4)5/h8,13H,6-7,9-10H2,1-5H3,(H,19,22). The molecule has 1 aliphatic heterocycles. The van der Waals surface area contributed by atoms with Gasteiger partial charge in [-0.3, -0.25) is 4.79 Å². The van der Waals surface area contributed by atoms with Gasteiger partial charge < -0.3 is 15.0 Å². The van der Waals surface area contributed by atoms with Crippen LogP contribution in [-0.2, 0) is 9.53 Å². The highest BCUT2D eigenvalue weighted by Crippen LogP contribution is 2.36. The highest BCUT2D eigenvalue weighted by molar-refractivity contribution is 5.88. The first-order valence-corrected chi connectivity index (χ1v) is 7.64. The third kappa shape index (κ3) is 5.80. The van der Waals surface area contributed by atoms with Crippen LogP contribution >= 0.6 is 0 Å². The molecule has 0 aromatic heterocycles. The van der Waals surface area contributed by atoms with Crippen molar-refractivity contribution in [1.29, 1.82) is 0 Å². The predicted molar refractivity (Wildman–Crippen MR) is 83.3 cm³/mol. The summed E-state index contributed by atoms with van der Waals surface area (Å²) in [6.07, 6.45) is -1.79. The van der Waals surface area contributed by atoms with Gasteiger partial charge in [0.25, 0.3) is 0 Å². The van der Waals surface area contributed by atoms with Gasteiger partial charge in [-0.2, -0.15) is 0 Å². The molecule has 1 aliphatic rings. The molecule has 0 radical (unpaired) electrons. The van der Waals surface area contributed by atoms with E-state index >= 15 is 0 Å². The van der Waals surface area contributed by atoms with Gasteiger partial charge in [-0.05, 0) is 41.0 Å². The van der Waals surface area contributed by atoms with E-state index in [2.05, 4.69) is 5.32 Å².